The molecule has 148 valence electrons. The summed E-state index contributed by atoms with van der Waals surface area (Å²) < 4.78 is 4.83. The number of aromatic nitrogens is 2. The molecule has 30 heavy (non-hydrogen) atoms. The van der Waals surface area contributed by atoms with E-state index >= 15 is 0 Å². The number of hydrogen-bond acceptors (Lipinski definition) is 5. The first-order valence-electron chi connectivity index (χ1n) is 9.55. The highest BCUT2D eigenvalue weighted by molar-refractivity contribution is 6.11. The first-order valence-corrected chi connectivity index (χ1v) is 9.55. The molecule has 0 unspecified atom stereocenters. The fourth-order valence-electron chi connectivity index (χ4n) is 3.56. The SMILES string of the molecule is COC(=O)c1ccc(C#Cc2ccc3c(cnc4c(C)ccc(N)c43)n2)c(C)c1C. The molecule has 2 aromatic carbocycles. The van der Waals surface area contributed by atoms with Gasteiger partial charge in [0.2, 0.25) is 0 Å². The Kier molecular flexibility index (Phi) is 4.85. The van der Waals surface area contributed by atoms with Crippen LogP contribution in [0, 0.1) is 32.6 Å². The number of pyridine rings is 2. The zero-order valence-electron chi connectivity index (χ0n) is 17.3. The number of esters is 1. The number of hydrogen-bond donors (Lipinski definition) is 1. The van der Waals surface area contributed by atoms with E-state index in [1.165, 1.54) is 7.11 Å². The second-order valence-corrected chi connectivity index (χ2v) is 7.24. The Bertz CT molecular complexity index is 1390. The molecule has 5 nitrogen and oxygen atoms in total. The van der Waals surface area contributed by atoms with Gasteiger partial charge in [0.1, 0.15) is 5.69 Å². The molecular weight excluding hydrogens is 374 g/mol. The highest BCUT2D eigenvalue weighted by atomic mass is 16.5. The van der Waals surface area contributed by atoms with Crippen LogP contribution < -0.4 is 5.73 Å². The summed E-state index contributed by atoms with van der Waals surface area (Å²) in [5.41, 5.74) is 13.5. The number of carbonyl (C=O) groups excluding carboxylic acids is 1. The van der Waals surface area contributed by atoms with Gasteiger partial charge in [0.15, 0.2) is 0 Å². The molecule has 0 radical (unpaired) electrons. The number of fused-ring (bicyclic) bond motifs is 3. The molecule has 0 saturated heterocycles. The molecule has 0 aliphatic rings. The minimum Gasteiger partial charge on any atom is -0.465 e. The second kappa shape index (κ2) is 7.49. The lowest BCUT2D eigenvalue weighted by atomic mass is 9.98. The normalized spacial score (nSPS) is 10.7. The third-order valence-corrected chi connectivity index (χ3v) is 5.44. The van der Waals surface area contributed by atoms with Crippen molar-refractivity contribution in [3.8, 4) is 11.8 Å². The van der Waals surface area contributed by atoms with Crippen LogP contribution in [-0.4, -0.2) is 23.0 Å². The smallest absolute Gasteiger partial charge is 0.338 e. The van der Waals surface area contributed by atoms with Gasteiger partial charge in [-0.05, 0) is 73.7 Å². The number of nitrogens with zero attached hydrogens (tertiary/aromatic N) is 2. The lowest BCUT2D eigenvalue weighted by Gasteiger charge is -2.09. The van der Waals surface area contributed by atoms with Gasteiger partial charge in [0, 0.05) is 22.0 Å². The van der Waals surface area contributed by atoms with Gasteiger partial charge < -0.3 is 10.5 Å². The van der Waals surface area contributed by atoms with Gasteiger partial charge >= 0.3 is 5.97 Å². The number of ether oxygens (including phenoxy) is 1. The van der Waals surface area contributed by atoms with Gasteiger partial charge in [0.25, 0.3) is 0 Å². The standard InChI is InChI=1S/C25H21N3O2/c1-14-5-12-21(26)23-20-11-9-18(28-22(20)13-27-24(14)23)8-6-17-7-10-19(25(29)30-4)16(3)15(17)2/h5,7,9-13H,26H2,1-4H3. The van der Waals surface area contributed by atoms with Crippen molar-refractivity contribution < 1.29 is 9.53 Å². The van der Waals surface area contributed by atoms with Crippen molar-refractivity contribution >= 4 is 33.5 Å². The summed E-state index contributed by atoms with van der Waals surface area (Å²) in [4.78, 5) is 21.1. The molecule has 0 spiro atoms. The number of rotatable bonds is 1. The lowest BCUT2D eigenvalue weighted by Crippen LogP contribution is -2.05. The Morgan fingerprint density at radius 1 is 1.00 bits per heavy atom. The van der Waals surface area contributed by atoms with Crippen molar-refractivity contribution in [1.29, 1.82) is 0 Å². The molecule has 0 fully saturated rings. The van der Waals surface area contributed by atoms with Gasteiger partial charge in [-0.1, -0.05) is 12.0 Å². The van der Waals surface area contributed by atoms with Crippen LogP contribution in [-0.2, 0) is 4.74 Å². The summed E-state index contributed by atoms with van der Waals surface area (Å²) in [5, 5.41) is 1.88. The minimum atomic E-state index is -0.347. The van der Waals surface area contributed by atoms with Crippen LogP contribution in [0.3, 0.4) is 0 Å². The van der Waals surface area contributed by atoms with E-state index in [1.54, 1.807) is 12.3 Å². The van der Waals surface area contributed by atoms with E-state index in [0.717, 1.165) is 44.1 Å². The molecule has 0 atom stereocenters. The molecule has 4 rings (SSSR count). The molecule has 0 amide bonds. The van der Waals surface area contributed by atoms with Crippen LogP contribution >= 0.6 is 0 Å². The monoisotopic (exact) mass is 395 g/mol. The summed E-state index contributed by atoms with van der Waals surface area (Å²) in [6.07, 6.45) is 1.76. The largest absolute Gasteiger partial charge is 0.465 e. The van der Waals surface area contributed by atoms with E-state index in [1.807, 2.05) is 51.1 Å². The molecule has 2 aromatic heterocycles. The van der Waals surface area contributed by atoms with E-state index in [4.69, 9.17) is 10.5 Å². The second-order valence-electron chi connectivity index (χ2n) is 7.24. The lowest BCUT2D eigenvalue weighted by molar-refractivity contribution is 0.0600. The van der Waals surface area contributed by atoms with Crippen LogP contribution in [0.5, 0.6) is 0 Å². The van der Waals surface area contributed by atoms with Crippen molar-refractivity contribution in [1.82, 2.24) is 9.97 Å². The quantitative estimate of drug-likeness (QED) is 0.223. The van der Waals surface area contributed by atoms with Crippen LogP contribution in [0.2, 0.25) is 0 Å². The topological polar surface area (TPSA) is 78.1 Å². The molecule has 0 aliphatic heterocycles. The van der Waals surface area contributed by atoms with E-state index in [2.05, 4.69) is 21.8 Å². The van der Waals surface area contributed by atoms with Gasteiger partial charge in [0.05, 0.1) is 29.9 Å². The Balaban J connectivity index is 1.77. The zero-order chi connectivity index (χ0) is 21.4. The summed E-state index contributed by atoms with van der Waals surface area (Å²) >= 11 is 0. The van der Waals surface area contributed by atoms with E-state index in [9.17, 15) is 4.79 Å². The summed E-state index contributed by atoms with van der Waals surface area (Å²) in [5.74, 6) is 5.94. The number of anilines is 1. The molecule has 0 aliphatic carbocycles. The first-order chi connectivity index (χ1) is 14.4. The third-order valence-electron chi connectivity index (χ3n) is 5.44. The number of carbonyl (C=O) groups is 1. The van der Waals surface area contributed by atoms with Gasteiger partial charge in [-0.25, -0.2) is 9.78 Å². The number of aryl methyl sites for hydroxylation is 1. The van der Waals surface area contributed by atoms with Crippen molar-refractivity contribution in [3.63, 3.8) is 0 Å². The average Bonchev–Trinajstić information content (AvgIpc) is 2.76. The molecule has 0 bridgehead atoms. The minimum absolute atomic E-state index is 0.347. The van der Waals surface area contributed by atoms with Crippen LogP contribution in [0.25, 0.3) is 21.8 Å². The molecule has 5 heteroatoms. The van der Waals surface area contributed by atoms with Crippen molar-refractivity contribution in [2.75, 3.05) is 12.8 Å². The van der Waals surface area contributed by atoms with Crippen LogP contribution in [0.4, 0.5) is 5.69 Å². The Morgan fingerprint density at radius 2 is 1.80 bits per heavy atom. The number of nitrogen functional groups attached to an aromatic ring is 1. The van der Waals surface area contributed by atoms with Gasteiger partial charge in [-0.3, -0.25) is 4.98 Å². The summed E-state index contributed by atoms with van der Waals surface area (Å²) in [7, 11) is 1.38. The maximum absolute atomic E-state index is 11.9. The van der Waals surface area contributed by atoms with E-state index < -0.39 is 0 Å². The molecule has 0 saturated carbocycles. The summed E-state index contributed by atoms with van der Waals surface area (Å²) in [6.45, 7) is 5.86. The van der Waals surface area contributed by atoms with E-state index in [-0.39, 0.29) is 5.97 Å². The van der Waals surface area contributed by atoms with Crippen LogP contribution in [0.1, 0.15) is 38.3 Å². The molecule has 4 aromatic rings. The Hall–Kier alpha value is -3.91. The average molecular weight is 395 g/mol. The van der Waals surface area contributed by atoms with E-state index in [0.29, 0.717) is 16.9 Å². The number of nitrogens with two attached hydrogens (primary N) is 1. The Labute approximate surface area is 174 Å². The first kappa shape index (κ1) is 19.4. The van der Waals surface area contributed by atoms with Crippen molar-refractivity contribution in [2.24, 2.45) is 0 Å². The number of methoxy groups -OCH3 is 1. The van der Waals surface area contributed by atoms with Crippen molar-refractivity contribution in [2.45, 2.75) is 20.8 Å². The fraction of sp³-hybridized carbons (Fsp3) is 0.160. The maximum atomic E-state index is 11.9. The molecule has 2 heterocycles. The predicted octanol–water partition coefficient (Wildman–Crippen LogP) is 4.48. The third kappa shape index (κ3) is 3.23. The predicted molar refractivity (Wildman–Crippen MR) is 119 cm³/mol. The highest BCUT2D eigenvalue weighted by Gasteiger charge is 2.12. The molecule has 2 N–H and O–H groups in total. The van der Waals surface area contributed by atoms with Crippen LogP contribution in [0.15, 0.2) is 42.6 Å². The van der Waals surface area contributed by atoms with Crippen molar-refractivity contribution in [3.05, 3.63) is 76.1 Å². The molecular formula is C25H21N3O2. The number of benzene rings is 2. The zero-order valence-corrected chi connectivity index (χ0v) is 17.3. The maximum Gasteiger partial charge on any atom is 0.338 e. The fourth-order valence-corrected chi connectivity index (χ4v) is 3.56. The highest BCUT2D eigenvalue weighted by Crippen LogP contribution is 2.29. The van der Waals surface area contributed by atoms with Gasteiger partial charge in [-0.2, -0.15) is 0 Å². The van der Waals surface area contributed by atoms with Gasteiger partial charge in [-0.15, -0.1) is 0 Å². The Morgan fingerprint density at radius 3 is 2.57 bits per heavy atom. The summed E-state index contributed by atoms with van der Waals surface area (Å²) in [6, 6.07) is 11.3.